The molecule has 24 heavy (non-hydrogen) atoms. The summed E-state index contributed by atoms with van der Waals surface area (Å²) in [5.74, 6) is 0.117. The maximum Gasteiger partial charge on any atom is 0.582 e. The van der Waals surface area contributed by atoms with Crippen LogP contribution >= 0.6 is 19.5 Å². The van der Waals surface area contributed by atoms with Crippen LogP contribution < -0.4 is 11.5 Å². The van der Waals surface area contributed by atoms with Gasteiger partial charge in [0.2, 0.25) is 5.95 Å². The number of aliphatic hydroxyl groups is 1. The number of hydrogen-bond donors (Lipinski definition) is 4. The summed E-state index contributed by atoms with van der Waals surface area (Å²) in [6.45, 7) is -0.357. The first kappa shape index (κ1) is 17.3. The minimum Gasteiger partial charge on any atom is -0.394 e. The highest BCUT2D eigenvalue weighted by Gasteiger charge is 2.50. The van der Waals surface area contributed by atoms with Crippen LogP contribution in [0.25, 0.3) is 11.2 Å². The maximum atomic E-state index is 11.3. The van der Waals surface area contributed by atoms with Crippen LogP contribution in [-0.2, 0) is 18.6 Å². The van der Waals surface area contributed by atoms with Crippen LogP contribution in [0.3, 0.4) is 0 Å². The van der Waals surface area contributed by atoms with Crippen LogP contribution in [0.2, 0.25) is 0 Å². The zero-order valence-corrected chi connectivity index (χ0v) is 14.3. The Morgan fingerprint density at radius 2 is 2.21 bits per heavy atom. The number of imidazole rings is 1. The fourth-order valence-corrected chi connectivity index (χ4v) is 3.49. The van der Waals surface area contributed by atoms with Gasteiger partial charge in [-0.1, -0.05) is 0 Å². The van der Waals surface area contributed by atoms with E-state index in [2.05, 4.69) is 27.2 Å². The molecule has 3 unspecified atom stereocenters. The van der Waals surface area contributed by atoms with E-state index in [1.54, 1.807) is 4.57 Å². The van der Waals surface area contributed by atoms with Crippen molar-refractivity contribution in [1.29, 1.82) is 0 Å². The van der Waals surface area contributed by atoms with Crippen molar-refractivity contribution in [2.45, 2.75) is 24.5 Å². The molecule has 1 aliphatic heterocycles. The van der Waals surface area contributed by atoms with Crippen molar-refractivity contribution in [3.05, 3.63) is 6.33 Å². The summed E-state index contributed by atoms with van der Waals surface area (Å²) in [6, 6.07) is 0. The number of aromatic nitrogens is 4. The normalized spacial score (nSPS) is 27.7. The molecule has 3 heterocycles. The third-order valence-electron chi connectivity index (χ3n) is 3.69. The standard InChI is InChI=1S/C11H15N6O5PS/c1-20-7-6(22-23(19)24)4(2-18)21-10(7)17-3-14-5-8(12)15-11(13)16-9(5)17/h3-4,6-7,10,18H,2H2,1H3,(H4-,12,13,15,16,19,24)/p+1/t4-,6?,7?,10-/m1/s1. The molecule has 1 fully saturated rings. The number of methoxy groups -OCH3 is 1. The van der Waals surface area contributed by atoms with E-state index in [1.807, 2.05) is 0 Å². The Hall–Kier alpha value is -1.56. The van der Waals surface area contributed by atoms with E-state index in [9.17, 15) is 9.67 Å². The van der Waals surface area contributed by atoms with Gasteiger partial charge in [0.05, 0.1) is 12.9 Å². The third-order valence-corrected chi connectivity index (χ3v) is 4.40. The number of ether oxygens (including phenoxy) is 2. The van der Waals surface area contributed by atoms with E-state index < -0.39 is 31.8 Å². The topological polar surface area (TPSA) is 161 Å². The van der Waals surface area contributed by atoms with Gasteiger partial charge in [0, 0.05) is 7.11 Å². The molecule has 0 spiro atoms. The lowest BCUT2D eigenvalue weighted by Gasteiger charge is -2.19. The van der Waals surface area contributed by atoms with E-state index in [4.69, 9.17) is 25.5 Å². The Labute approximate surface area is 142 Å². The number of anilines is 2. The molecular weight excluding hydrogens is 359 g/mol. The lowest BCUT2D eigenvalue weighted by atomic mass is 10.1. The zero-order chi connectivity index (χ0) is 17.4. The van der Waals surface area contributed by atoms with E-state index in [0.29, 0.717) is 11.2 Å². The Kier molecular flexibility index (Phi) is 4.85. The van der Waals surface area contributed by atoms with Crippen molar-refractivity contribution in [2.75, 3.05) is 25.2 Å². The molecule has 3 rings (SSSR count). The minimum absolute atomic E-state index is 0.0151. The number of thiol groups is 1. The van der Waals surface area contributed by atoms with Gasteiger partial charge >= 0.3 is 7.23 Å². The van der Waals surface area contributed by atoms with Gasteiger partial charge in [0.15, 0.2) is 23.8 Å². The molecule has 130 valence electrons. The van der Waals surface area contributed by atoms with Crippen LogP contribution in [0, 0.1) is 0 Å². The van der Waals surface area contributed by atoms with Crippen molar-refractivity contribution in [3.63, 3.8) is 0 Å². The second kappa shape index (κ2) is 6.75. The second-order valence-corrected chi connectivity index (χ2v) is 6.71. The third kappa shape index (κ3) is 2.92. The molecule has 13 heteroatoms. The molecule has 5 N–H and O–H groups in total. The van der Waals surface area contributed by atoms with Crippen molar-refractivity contribution in [1.82, 2.24) is 19.5 Å². The van der Waals surface area contributed by atoms with Gasteiger partial charge in [-0.15, -0.1) is 4.52 Å². The molecule has 1 aliphatic rings. The molecule has 0 aliphatic carbocycles. The molecule has 0 amide bonds. The van der Waals surface area contributed by atoms with Crippen LogP contribution in [0.5, 0.6) is 0 Å². The molecule has 0 aromatic carbocycles. The Balaban J connectivity index is 2.03. The molecule has 0 radical (unpaired) electrons. The van der Waals surface area contributed by atoms with E-state index >= 15 is 0 Å². The van der Waals surface area contributed by atoms with Crippen LogP contribution in [0.4, 0.5) is 11.8 Å². The number of fused-ring (bicyclic) bond motifs is 1. The first-order valence-corrected chi connectivity index (χ1v) is 9.16. The molecule has 5 atom stereocenters. The van der Waals surface area contributed by atoms with Gasteiger partial charge in [-0.2, -0.15) is 9.97 Å². The molecule has 2 aromatic heterocycles. The van der Waals surface area contributed by atoms with Crippen molar-refractivity contribution in [2.24, 2.45) is 0 Å². The smallest absolute Gasteiger partial charge is 0.394 e. The van der Waals surface area contributed by atoms with Crippen LogP contribution in [0.1, 0.15) is 6.23 Å². The summed E-state index contributed by atoms with van der Waals surface area (Å²) in [7, 11) is -0.771. The van der Waals surface area contributed by atoms with E-state index in [1.165, 1.54) is 13.4 Å². The van der Waals surface area contributed by atoms with Crippen LogP contribution in [0.15, 0.2) is 6.33 Å². The molecule has 2 aromatic rings. The number of aliphatic hydroxyl groups excluding tert-OH is 1. The Morgan fingerprint density at radius 3 is 2.83 bits per heavy atom. The molecule has 1 saturated heterocycles. The SMILES string of the molecule is COC1C(O[P+](=O)S)[C@@H](CO)O[C@H]1n1cnc2c(N)nc(N)nc21. The number of nitrogens with zero attached hydrogens (tertiary/aromatic N) is 4. The monoisotopic (exact) mass is 375 g/mol. The van der Waals surface area contributed by atoms with Gasteiger partial charge in [-0.25, -0.2) is 4.98 Å². The Bertz CT molecular complexity index is 775. The fraction of sp³-hybridized carbons (Fsp3) is 0.545. The predicted octanol–water partition coefficient (Wildman–Crippen LogP) is -0.132. The molecular formula is C11H16N6O5PS+. The largest absolute Gasteiger partial charge is 0.582 e. The van der Waals surface area contributed by atoms with Crippen molar-refractivity contribution >= 4 is 42.4 Å². The summed E-state index contributed by atoms with van der Waals surface area (Å²) in [5, 5.41) is 9.51. The van der Waals surface area contributed by atoms with Gasteiger partial charge in [0.1, 0.15) is 30.0 Å². The van der Waals surface area contributed by atoms with Crippen molar-refractivity contribution < 1.29 is 23.7 Å². The first-order chi connectivity index (χ1) is 11.5. The molecule has 0 saturated carbocycles. The predicted molar refractivity (Wildman–Crippen MR) is 87.4 cm³/mol. The summed E-state index contributed by atoms with van der Waals surface area (Å²) in [5.41, 5.74) is 12.1. The van der Waals surface area contributed by atoms with Gasteiger partial charge in [-0.05, 0) is 4.57 Å². The summed E-state index contributed by atoms with van der Waals surface area (Å²) < 4.78 is 29.3. The lowest BCUT2D eigenvalue weighted by Crippen LogP contribution is -2.35. The number of nitrogen functional groups attached to an aromatic ring is 2. The molecule has 0 bridgehead atoms. The number of hydrogen-bond acceptors (Lipinski definition) is 10. The van der Waals surface area contributed by atoms with Gasteiger partial charge in [-0.3, -0.25) is 4.57 Å². The zero-order valence-electron chi connectivity index (χ0n) is 12.5. The maximum absolute atomic E-state index is 11.3. The van der Waals surface area contributed by atoms with E-state index in [0.717, 1.165) is 0 Å². The number of nitrogens with two attached hydrogens (primary N) is 2. The fourth-order valence-electron chi connectivity index (χ4n) is 2.70. The highest BCUT2D eigenvalue weighted by Crippen LogP contribution is 2.41. The van der Waals surface area contributed by atoms with Crippen molar-refractivity contribution in [3.8, 4) is 0 Å². The van der Waals surface area contributed by atoms with E-state index in [-0.39, 0.29) is 18.4 Å². The highest BCUT2D eigenvalue weighted by atomic mass is 32.7. The average Bonchev–Trinajstić information content (AvgIpc) is 3.07. The summed E-state index contributed by atoms with van der Waals surface area (Å²) in [6.07, 6.45) is -1.55. The first-order valence-electron chi connectivity index (χ1n) is 6.83. The van der Waals surface area contributed by atoms with Gasteiger partial charge < -0.3 is 26.0 Å². The second-order valence-electron chi connectivity index (χ2n) is 5.05. The van der Waals surface area contributed by atoms with Crippen LogP contribution in [-0.4, -0.2) is 56.7 Å². The summed E-state index contributed by atoms with van der Waals surface area (Å²) >= 11 is 3.74. The lowest BCUT2D eigenvalue weighted by molar-refractivity contribution is -0.0583. The minimum atomic E-state index is -2.21. The number of rotatable bonds is 5. The van der Waals surface area contributed by atoms with Gasteiger partial charge in [0.25, 0.3) is 0 Å². The highest BCUT2D eigenvalue weighted by molar-refractivity contribution is 8.39. The summed E-state index contributed by atoms with van der Waals surface area (Å²) in [4.78, 5) is 12.1. The Morgan fingerprint density at radius 1 is 1.46 bits per heavy atom. The quantitative estimate of drug-likeness (QED) is 0.409. The average molecular weight is 375 g/mol. The molecule has 11 nitrogen and oxygen atoms in total.